The second-order valence-corrected chi connectivity index (χ2v) is 9.19. The van der Waals surface area contributed by atoms with Gasteiger partial charge < -0.3 is 14.8 Å². The Hall–Kier alpha value is -3.24. The van der Waals surface area contributed by atoms with E-state index in [1.807, 2.05) is 16.4 Å². The first-order chi connectivity index (χ1) is 16.2. The second kappa shape index (κ2) is 8.52. The van der Waals surface area contributed by atoms with Gasteiger partial charge in [-0.15, -0.1) is 0 Å². The first-order valence-corrected chi connectivity index (χ1v) is 11.5. The van der Waals surface area contributed by atoms with E-state index in [-0.39, 0.29) is 17.9 Å². The molecule has 2 aliphatic rings. The quantitative estimate of drug-likeness (QED) is 0.603. The molecule has 3 aromatic rings. The summed E-state index contributed by atoms with van der Waals surface area (Å²) in [6.45, 7) is 5.93. The minimum atomic E-state index is -4.50. The SMILES string of the molecule is CCn1c(-c2ccc(C(F)(F)F)nc2)nc2c(N[C@H]3CCN(C(=O)[C@H]4C[C@@H](C)C4)C3)ncnc21. The molecule has 0 spiro atoms. The van der Waals surface area contributed by atoms with Gasteiger partial charge in [-0.25, -0.2) is 15.0 Å². The lowest BCUT2D eigenvalue weighted by molar-refractivity contribution is -0.141. The Bertz CT molecular complexity index is 1200. The highest BCUT2D eigenvalue weighted by atomic mass is 19.4. The molecule has 0 unspecified atom stereocenters. The van der Waals surface area contributed by atoms with Gasteiger partial charge in [-0.05, 0) is 44.2 Å². The summed E-state index contributed by atoms with van der Waals surface area (Å²) >= 11 is 0. The minimum Gasteiger partial charge on any atom is -0.364 e. The molecule has 0 aromatic carbocycles. The Balaban J connectivity index is 1.38. The van der Waals surface area contributed by atoms with Crippen molar-refractivity contribution in [3.8, 4) is 11.4 Å². The van der Waals surface area contributed by atoms with Gasteiger partial charge in [-0.3, -0.25) is 9.78 Å². The van der Waals surface area contributed by atoms with Crippen LogP contribution in [0.3, 0.4) is 0 Å². The first-order valence-electron chi connectivity index (χ1n) is 11.5. The van der Waals surface area contributed by atoms with E-state index in [0.29, 0.717) is 53.9 Å². The topological polar surface area (TPSA) is 88.8 Å². The van der Waals surface area contributed by atoms with Crippen LogP contribution in [0.5, 0.6) is 0 Å². The Labute approximate surface area is 194 Å². The van der Waals surface area contributed by atoms with Crippen LogP contribution in [0.2, 0.25) is 0 Å². The molecular weight excluding hydrogens is 447 g/mol. The number of halogens is 3. The summed E-state index contributed by atoms with van der Waals surface area (Å²) < 4.78 is 40.6. The van der Waals surface area contributed by atoms with Gasteiger partial charge in [0, 0.05) is 43.4 Å². The van der Waals surface area contributed by atoms with Gasteiger partial charge in [0.05, 0.1) is 0 Å². The third kappa shape index (κ3) is 4.07. The maximum absolute atomic E-state index is 12.9. The smallest absolute Gasteiger partial charge is 0.364 e. The number of nitrogens with zero attached hydrogens (tertiary/aromatic N) is 6. The molecule has 1 aliphatic carbocycles. The van der Waals surface area contributed by atoms with E-state index in [0.717, 1.165) is 25.3 Å². The molecule has 5 rings (SSSR count). The van der Waals surface area contributed by atoms with Crippen molar-refractivity contribution in [3.63, 3.8) is 0 Å². The normalized spacial score (nSPS) is 22.7. The number of amides is 1. The molecule has 11 heteroatoms. The van der Waals surface area contributed by atoms with Crippen molar-refractivity contribution in [1.29, 1.82) is 0 Å². The van der Waals surface area contributed by atoms with Crippen LogP contribution in [0.1, 0.15) is 38.8 Å². The number of anilines is 1. The summed E-state index contributed by atoms with van der Waals surface area (Å²) in [6, 6.07) is 2.36. The van der Waals surface area contributed by atoms with E-state index < -0.39 is 11.9 Å². The van der Waals surface area contributed by atoms with Crippen LogP contribution in [0.15, 0.2) is 24.7 Å². The number of hydrogen-bond acceptors (Lipinski definition) is 6. The molecule has 1 atom stereocenters. The van der Waals surface area contributed by atoms with Crippen LogP contribution in [0.25, 0.3) is 22.6 Å². The summed E-state index contributed by atoms with van der Waals surface area (Å²) in [6.07, 6.45) is 0.870. The summed E-state index contributed by atoms with van der Waals surface area (Å²) in [5.41, 5.74) is 0.640. The Morgan fingerprint density at radius 2 is 2.00 bits per heavy atom. The van der Waals surface area contributed by atoms with E-state index in [4.69, 9.17) is 0 Å². The standard InChI is InChI=1S/C23H26F3N7O/c1-3-33-20(14-4-5-17(27-10-14)23(24,25)26)31-18-19(28-12-29-21(18)33)30-16-6-7-32(11-16)22(34)15-8-13(2)9-15/h4-5,10,12-13,15-16H,3,6-9,11H2,1-2H3,(H,28,29,30)/t13-,15+,16-/m0/s1. The van der Waals surface area contributed by atoms with E-state index >= 15 is 0 Å². The molecule has 3 aromatic heterocycles. The van der Waals surface area contributed by atoms with E-state index in [2.05, 4.69) is 32.2 Å². The number of likely N-dealkylation sites (tertiary alicyclic amines) is 1. The molecular formula is C23H26F3N7O. The molecule has 1 N–H and O–H groups in total. The van der Waals surface area contributed by atoms with Crippen molar-refractivity contribution in [2.75, 3.05) is 18.4 Å². The van der Waals surface area contributed by atoms with Gasteiger partial charge in [0.15, 0.2) is 17.0 Å². The lowest BCUT2D eigenvalue weighted by Crippen LogP contribution is -2.41. The van der Waals surface area contributed by atoms with Gasteiger partial charge >= 0.3 is 6.18 Å². The van der Waals surface area contributed by atoms with Crippen molar-refractivity contribution in [1.82, 2.24) is 29.4 Å². The van der Waals surface area contributed by atoms with Crippen LogP contribution in [-0.4, -0.2) is 54.4 Å². The molecule has 1 amide bonds. The average Bonchev–Trinajstić information content (AvgIpc) is 3.41. The van der Waals surface area contributed by atoms with Crippen molar-refractivity contribution >= 4 is 22.9 Å². The van der Waals surface area contributed by atoms with Crippen LogP contribution in [0, 0.1) is 11.8 Å². The summed E-state index contributed by atoms with van der Waals surface area (Å²) in [5.74, 6) is 2.05. The van der Waals surface area contributed by atoms with Gasteiger partial charge in [-0.2, -0.15) is 13.2 Å². The summed E-state index contributed by atoms with van der Waals surface area (Å²) in [5, 5.41) is 3.41. The third-order valence-corrected chi connectivity index (χ3v) is 6.72. The molecule has 1 saturated carbocycles. The molecule has 1 saturated heterocycles. The Kier molecular flexibility index (Phi) is 5.65. The fourth-order valence-electron chi connectivity index (χ4n) is 4.89. The maximum Gasteiger partial charge on any atom is 0.433 e. The number of alkyl halides is 3. The predicted octanol–water partition coefficient (Wildman–Crippen LogP) is 3.99. The maximum atomic E-state index is 12.9. The molecule has 0 radical (unpaired) electrons. The number of pyridine rings is 1. The number of imidazole rings is 1. The van der Waals surface area contributed by atoms with Gasteiger partial charge in [-0.1, -0.05) is 6.92 Å². The summed E-state index contributed by atoms with van der Waals surface area (Å²) in [4.78, 5) is 31.6. The average molecular weight is 474 g/mol. The van der Waals surface area contributed by atoms with Crippen LogP contribution in [0.4, 0.5) is 19.0 Å². The third-order valence-electron chi connectivity index (χ3n) is 6.72. The highest BCUT2D eigenvalue weighted by molar-refractivity contribution is 5.86. The van der Waals surface area contributed by atoms with Crippen molar-refractivity contribution in [3.05, 3.63) is 30.4 Å². The van der Waals surface area contributed by atoms with Gasteiger partial charge in [0.2, 0.25) is 5.91 Å². The number of nitrogens with one attached hydrogen (secondary N) is 1. The molecule has 2 fully saturated rings. The van der Waals surface area contributed by atoms with E-state index in [1.165, 1.54) is 18.6 Å². The largest absolute Gasteiger partial charge is 0.433 e. The number of carbonyl (C=O) groups is 1. The molecule has 0 bridgehead atoms. The lowest BCUT2D eigenvalue weighted by Gasteiger charge is -2.34. The van der Waals surface area contributed by atoms with Crippen molar-refractivity contribution in [2.45, 2.75) is 51.9 Å². The fraction of sp³-hybridized carbons (Fsp3) is 0.522. The number of hydrogen-bond donors (Lipinski definition) is 1. The number of fused-ring (bicyclic) bond motifs is 1. The van der Waals surface area contributed by atoms with Gasteiger partial charge in [0.1, 0.15) is 17.8 Å². The summed E-state index contributed by atoms with van der Waals surface area (Å²) in [7, 11) is 0. The Morgan fingerprint density at radius 1 is 1.21 bits per heavy atom. The van der Waals surface area contributed by atoms with Crippen LogP contribution in [-0.2, 0) is 17.5 Å². The Morgan fingerprint density at radius 3 is 2.65 bits per heavy atom. The molecule has 8 nitrogen and oxygen atoms in total. The fourth-order valence-corrected chi connectivity index (χ4v) is 4.89. The molecule has 34 heavy (non-hydrogen) atoms. The number of carbonyl (C=O) groups excluding carboxylic acids is 1. The monoisotopic (exact) mass is 473 g/mol. The van der Waals surface area contributed by atoms with Gasteiger partial charge in [0.25, 0.3) is 0 Å². The first kappa shape index (κ1) is 22.5. The number of aromatic nitrogens is 5. The molecule has 1 aliphatic heterocycles. The van der Waals surface area contributed by atoms with Crippen molar-refractivity contribution in [2.24, 2.45) is 11.8 Å². The zero-order valence-corrected chi connectivity index (χ0v) is 19.0. The highest BCUT2D eigenvalue weighted by Crippen LogP contribution is 2.35. The predicted molar refractivity (Wildman–Crippen MR) is 120 cm³/mol. The van der Waals surface area contributed by atoms with E-state index in [1.54, 1.807) is 0 Å². The molecule has 180 valence electrons. The van der Waals surface area contributed by atoms with E-state index in [9.17, 15) is 18.0 Å². The zero-order valence-electron chi connectivity index (χ0n) is 19.0. The lowest BCUT2D eigenvalue weighted by atomic mass is 9.75. The van der Waals surface area contributed by atoms with Crippen LogP contribution >= 0.6 is 0 Å². The second-order valence-electron chi connectivity index (χ2n) is 9.19. The zero-order chi connectivity index (χ0) is 24.0. The highest BCUT2D eigenvalue weighted by Gasteiger charge is 2.37. The van der Waals surface area contributed by atoms with Crippen molar-refractivity contribution < 1.29 is 18.0 Å². The number of aryl methyl sites for hydroxylation is 1. The minimum absolute atomic E-state index is 0.0440. The number of rotatable bonds is 5. The molecule has 4 heterocycles. The van der Waals surface area contributed by atoms with Crippen LogP contribution < -0.4 is 5.32 Å².